The summed E-state index contributed by atoms with van der Waals surface area (Å²) in [5.74, 6) is -0.445. The van der Waals surface area contributed by atoms with E-state index in [4.69, 9.17) is 9.47 Å². The largest absolute Gasteiger partial charge is 0.464 e. The minimum atomic E-state index is -0.636. The Bertz CT molecular complexity index is 403. The molecule has 1 heterocycles. The molecule has 0 aromatic carbocycles. The lowest BCUT2D eigenvalue weighted by atomic mass is 9.98. The summed E-state index contributed by atoms with van der Waals surface area (Å²) >= 11 is 0. The van der Waals surface area contributed by atoms with Gasteiger partial charge in [-0.05, 0) is 46.5 Å². The van der Waals surface area contributed by atoms with Crippen molar-refractivity contribution in [2.24, 2.45) is 5.92 Å². The molecule has 0 spiro atoms. The molecule has 1 unspecified atom stereocenters. The van der Waals surface area contributed by atoms with Crippen LogP contribution in [0.15, 0.2) is 0 Å². The standard InChI is InChI=1S/C14H23NO5/c1-5-19-12(17)11-8-6-9(10(16)7-8)15(11)13(18)20-14(2,3)4/h8-11,16H,5-7H2,1-4H3/t8-,9+,10?,11+/m1/s1. The maximum absolute atomic E-state index is 12.3. The molecule has 2 rings (SSSR count). The first-order valence-corrected chi connectivity index (χ1v) is 7.10. The van der Waals surface area contributed by atoms with E-state index in [0.717, 1.165) is 0 Å². The molecule has 0 radical (unpaired) electrons. The Balaban J connectivity index is 2.18. The fourth-order valence-electron chi connectivity index (χ4n) is 3.12. The van der Waals surface area contributed by atoms with E-state index >= 15 is 0 Å². The van der Waals surface area contributed by atoms with Crippen molar-refractivity contribution in [3.63, 3.8) is 0 Å². The van der Waals surface area contributed by atoms with Crippen LogP contribution < -0.4 is 0 Å². The third-order valence-corrected chi connectivity index (χ3v) is 3.77. The number of aliphatic hydroxyl groups is 1. The number of aliphatic hydroxyl groups excluding tert-OH is 1. The summed E-state index contributed by atoms with van der Waals surface area (Å²) < 4.78 is 10.4. The van der Waals surface area contributed by atoms with E-state index in [0.29, 0.717) is 12.8 Å². The topological polar surface area (TPSA) is 76.1 Å². The number of carbonyl (C=O) groups excluding carboxylic acids is 2. The van der Waals surface area contributed by atoms with Crippen molar-refractivity contribution in [2.45, 2.75) is 64.3 Å². The van der Waals surface area contributed by atoms with E-state index in [1.165, 1.54) is 4.90 Å². The van der Waals surface area contributed by atoms with Crippen molar-refractivity contribution in [1.29, 1.82) is 0 Å². The van der Waals surface area contributed by atoms with Gasteiger partial charge in [-0.15, -0.1) is 0 Å². The molecule has 0 aromatic rings. The summed E-state index contributed by atoms with van der Waals surface area (Å²) in [7, 11) is 0. The molecule has 1 aliphatic heterocycles. The highest BCUT2D eigenvalue weighted by molar-refractivity contribution is 5.83. The summed E-state index contributed by atoms with van der Waals surface area (Å²) in [6.07, 6.45) is 0.0251. The van der Waals surface area contributed by atoms with E-state index < -0.39 is 29.8 Å². The molecule has 2 bridgehead atoms. The number of fused-ring (bicyclic) bond motifs is 2. The normalized spacial score (nSPS) is 32.4. The first kappa shape index (κ1) is 15.1. The summed E-state index contributed by atoms with van der Waals surface area (Å²) in [5, 5.41) is 9.96. The molecule has 1 saturated carbocycles. The minimum Gasteiger partial charge on any atom is -0.464 e. The third kappa shape index (κ3) is 2.75. The quantitative estimate of drug-likeness (QED) is 0.774. The number of piperidine rings is 1. The van der Waals surface area contributed by atoms with Gasteiger partial charge in [0.2, 0.25) is 0 Å². The summed E-state index contributed by atoms with van der Waals surface area (Å²) in [6.45, 7) is 7.33. The zero-order chi connectivity index (χ0) is 15.1. The molecule has 1 N–H and O–H groups in total. The second kappa shape index (κ2) is 5.24. The zero-order valence-electron chi connectivity index (χ0n) is 12.5. The number of amides is 1. The van der Waals surface area contributed by atoms with Gasteiger partial charge in [-0.25, -0.2) is 9.59 Å². The lowest BCUT2D eigenvalue weighted by molar-refractivity contribution is -0.152. The van der Waals surface area contributed by atoms with Gasteiger partial charge in [0.1, 0.15) is 11.6 Å². The highest BCUT2D eigenvalue weighted by Crippen LogP contribution is 2.43. The van der Waals surface area contributed by atoms with Gasteiger partial charge in [0.05, 0.1) is 18.8 Å². The molecule has 6 heteroatoms. The second-order valence-corrected chi connectivity index (χ2v) is 6.45. The molecular formula is C14H23NO5. The molecule has 1 saturated heterocycles. The van der Waals surface area contributed by atoms with Gasteiger partial charge in [-0.2, -0.15) is 0 Å². The van der Waals surface area contributed by atoms with Crippen molar-refractivity contribution in [3.8, 4) is 0 Å². The number of rotatable bonds is 2. The second-order valence-electron chi connectivity index (χ2n) is 6.45. The average Bonchev–Trinajstić information content (AvgIpc) is 2.82. The molecule has 4 atom stereocenters. The van der Waals surface area contributed by atoms with Gasteiger partial charge < -0.3 is 14.6 Å². The van der Waals surface area contributed by atoms with Crippen molar-refractivity contribution in [1.82, 2.24) is 4.90 Å². The molecule has 1 amide bonds. The lowest BCUT2D eigenvalue weighted by Gasteiger charge is -2.37. The molecule has 1 aliphatic carbocycles. The highest BCUT2D eigenvalue weighted by atomic mass is 16.6. The maximum atomic E-state index is 12.3. The highest BCUT2D eigenvalue weighted by Gasteiger charge is 2.57. The monoisotopic (exact) mass is 285 g/mol. The number of nitrogens with zero attached hydrogens (tertiary/aromatic N) is 1. The number of hydrogen-bond donors (Lipinski definition) is 1. The molecular weight excluding hydrogens is 262 g/mol. The van der Waals surface area contributed by atoms with Gasteiger partial charge in [0.25, 0.3) is 0 Å². The van der Waals surface area contributed by atoms with Crippen LogP contribution in [0, 0.1) is 5.92 Å². The third-order valence-electron chi connectivity index (χ3n) is 3.77. The predicted octanol–water partition coefficient (Wildman–Crippen LogP) is 1.31. The zero-order valence-corrected chi connectivity index (χ0v) is 12.5. The van der Waals surface area contributed by atoms with Crippen LogP contribution in [-0.2, 0) is 14.3 Å². The fraction of sp³-hybridized carbons (Fsp3) is 0.857. The average molecular weight is 285 g/mol. The van der Waals surface area contributed by atoms with Crippen molar-refractivity contribution >= 4 is 12.1 Å². The SMILES string of the molecule is CCOC(=O)[C@@H]1[C@H]2CC(O)[C@H](C2)N1C(=O)OC(C)(C)C. The van der Waals surface area contributed by atoms with Crippen LogP contribution in [0.5, 0.6) is 0 Å². The summed E-state index contributed by atoms with van der Waals surface area (Å²) in [6, 6.07) is -0.970. The van der Waals surface area contributed by atoms with Gasteiger partial charge in [-0.3, -0.25) is 4.90 Å². The lowest BCUT2D eigenvalue weighted by Crippen LogP contribution is -2.55. The van der Waals surface area contributed by atoms with Gasteiger partial charge in [0, 0.05) is 0 Å². The Morgan fingerprint density at radius 3 is 2.50 bits per heavy atom. The number of hydrogen-bond acceptors (Lipinski definition) is 5. The molecule has 0 aromatic heterocycles. The van der Waals surface area contributed by atoms with E-state index in [2.05, 4.69) is 0 Å². The molecule has 6 nitrogen and oxygen atoms in total. The van der Waals surface area contributed by atoms with E-state index in [9.17, 15) is 14.7 Å². The molecule has 20 heavy (non-hydrogen) atoms. The summed E-state index contributed by atoms with van der Waals surface area (Å²) in [4.78, 5) is 25.7. The van der Waals surface area contributed by atoms with Crippen LogP contribution in [0.1, 0.15) is 40.5 Å². The van der Waals surface area contributed by atoms with Crippen LogP contribution in [-0.4, -0.2) is 52.5 Å². The van der Waals surface area contributed by atoms with E-state index in [1.54, 1.807) is 27.7 Å². The van der Waals surface area contributed by atoms with Gasteiger partial charge in [-0.1, -0.05) is 0 Å². The Morgan fingerprint density at radius 1 is 1.30 bits per heavy atom. The fourth-order valence-corrected chi connectivity index (χ4v) is 3.12. The number of likely N-dealkylation sites (tertiary alicyclic amines) is 1. The molecule has 2 fully saturated rings. The number of ether oxygens (including phenoxy) is 2. The number of carbonyl (C=O) groups is 2. The Morgan fingerprint density at radius 2 is 1.95 bits per heavy atom. The van der Waals surface area contributed by atoms with Crippen molar-refractivity contribution in [2.75, 3.05) is 6.61 Å². The Labute approximate surface area is 119 Å². The van der Waals surface area contributed by atoms with Crippen molar-refractivity contribution in [3.05, 3.63) is 0 Å². The first-order chi connectivity index (χ1) is 9.24. The molecule has 2 aliphatic rings. The van der Waals surface area contributed by atoms with Crippen LogP contribution in [0.25, 0.3) is 0 Å². The predicted molar refractivity (Wildman–Crippen MR) is 71.0 cm³/mol. The Hall–Kier alpha value is -1.30. The first-order valence-electron chi connectivity index (χ1n) is 7.10. The molecule has 114 valence electrons. The van der Waals surface area contributed by atoms with Crippen LogP contribution in [0.4, 0.5) is 4.79 Å². The van der Waals surface area contributed by atoms with Gasteiger partial charge in [0.15, 0.2) is 0 Å². The van der Waals surface area contributed by atoms with Crippen LogP contribution in [0.2, 0.25) is 0 Å². The van der Waals surface area contributed by atoms with Crippen LogP contribution in [0.3, 0.4) is 0 Å². The van der Waals surface area contributed by atoms with E-state index in [1.807, 2.05) is 0 Å². The summed E-state index contributed by atoms with van der Waals surface area (Å²) in [5.41, 5.74) is -0.636. The Kier molecular flexibility index (Phi) is 3.95. The maximum Gasteiger partial charge on any atom is 0.411 e. The van der Waals surface area contributed by atoms with Gasteiger partial charge >= 0.3 is 12.1 Å². The minimum absolute atomic E-state index is 0.0402. The number of esters is 1. The van der Waals surface area contributed by atoms with Crippen molar-refractivity contribution < 1.29 is 24.2 Å². The van der Waals surface area contributed by atoms with Crippen LogP contribution >= 0.6 is 0 Å². The smallest absolute Gasteiger partial charge is 0.411 e. The van der Waals surface area contributed by atoms with E-state index in [-0.39, 0.29) is 18.6 Å².